The Hall–Kier alpha value is -1.95. The van der Waals surface area contributed by atoms with E-state index in [2.05, 4.69) is 38.8 Å². The third-order valence-electron chi connectivity index (χ3n) is 3.16. The number of fused-ring (bicyclic) bond motifs is 1. The Morgan fingerprint density at radius 3 is 3.11 bits per heavy atom. The predicted molar refractivity (Wildman–Crippen MR) is 77.3 cm³/mol. The fourth-order valence-electron chi connectivity index (χ4n) is 2.10. The summed E-state index contributed by atoms with van der Waals surface area (Å²) in [6.45, 7) is 2.97. The highest BCUT2D eigenvalue weighted by atomic mass is 32.1. The number of hydrogen-bond acceptors (Lipinski definition) is 5. The lowest BCUT2D eigenvalue weighted by Crippen LogP contribution is -2.03. The summed E-state index contributed by atoms with van der Waals surface area (Å²) < 4.78 is 1.75. The van der Waals surface area contributed by atoms with Crippen molar-refractivity contribution in [3.8, 4) is 0 Å². The van der Waals surface area contributed by atoms with Crippen LogP contribution in [0.5, 0.6) is 0 Å². The Morgan fingerprint density at radius 2 is 2.26 bits per heavy atom. The molecule has 0 aliphatic carbocycles. The van der Waals surface area contributed by atoms with E-state index in [1.807, 2.05) is 7.05 Å². The summed E-state index contributed by atoms with van der Waals surface area (Å²) in [5.41, 5.74) is 2.24. The van der Waals surface area contributed by atoms with E-state index in [1.54, 1.807) is 28.5 Å². The van der Waals surface area contributed by atoms with Crippen molar-refractivity contribution >= 4 is 28.2 Å². The molecule has 3 aromatic rings. The molecule has 0 saturated heterocycles. The zero-order valence-corrected chi connectivity index (χ0v) is 11.7. The molecule has 0 unspecified atom stereocenters. The van der Waals surface area contributed by atoms with Crippen LogP contribution in [0.3, 0.4) is 0 Å². The fourth-order valence-corrected chi connectivity index (χ4v) is 3.02. The van der Waals surface area contributed by atoms with E-state index in [1.165, 1.54) is 10.4 Å². The highest BCUT2D eigenvalue weighted by Gasteiger charge is 2.08. The van der Waals surface area contributed by atoms with E-state index < -0.39 is 0 Å². The summed E-state index contributed by atoms with van der Waals surface area (Å²) >= 11 is 1.78. The van der Waals surface area contributed by atoms with Crippen molar-refractivity contribution in [2.75, 3.05) is 5.32 Å². The minimum atomic E-state index is 0.793. The second kappa shape index (κ2) is 4.97. The topological polar surface area (TPSA) is 55.6 Å². The molecule has 0 aromatic carbocycles. The Kier molecular flexibility index (Phi) is 3.16. The van der Waals surface area contributed by atoms with Crippen LogP contribution in [-0.4, -0.2) is 19.7 Å². The number of rotatable bonds is 4. The SMILES string of the molecule is CCc1ccsc1CNc1ncnc2c1cnn2C. The zero-order chi connectivity index (χ0) is 13.2. The van der Waals surface area contributed by atoms with E-state index in [0.29, 0.717) is 0 Å². The Morgan fingerprint density at radius 1 is 1.37 bits per heavy atom. The van der Waals surface area contributed by atoms with Gasteiger partial charge in [0.15, 0.2) is 5.65 Å². The molecule has 0 bridgehead atoms. The Bertz CT molecular complexity index is 700. The molecule has 6 heteroatoms. The first-order valence-corrected chi connectivity index (χ1v) is 7.09. The van der Waals surface area contributed by atoms with Crippen LogP contribution in [0.2, 0.25) is 0 Å². The lowest BCUT2D eigenvalue weighted by molar-refractivity contribution is 0.785. The third-order valence-corrected chi connectivity index (χ3v) is 4.13. The van der Waals surface area contributed by atoms with Gasteiger partial charge in [0.25, 0.3) is 0 Å². The Labute approximate surface area is 115 Å². The molecule has 0 aliphatic rings. The van der Waals surface area contributed by atoms with Crippen LogP contribution in [0.15, 0.2) is 24.0 Å². The number of anilines is 1. The van der Waals surface area contributed by atoms with E-state index in [-0.39, 0.29) is 0 Å². The number of aryl methyl sites for hydroxylation is 2. The number of aromatic nitrogens is 4. The van der Waals surface area contributed by atoms with Gasteiger partial charge >= 0.3 is 0 Å². The van der Waals surface area contributed by atoms with Crippen molar-refractivity contribution < 1.29 is 0 Å². The van der Waals surface area contributed by atoms with Crippen LogP contribution >= 0.6 is 11.3 Å². The minimum Gasteiger partial charge on any atom is -0.364 e. The summed E-state index contributed by atoms with van der Waals surface area (Å²) in [4.78, 5) is 9.90. The van der Waals surface area contributed by atoms with E-state index in [9.17, 15) is 0 Å². The van der Waals surface area contributed by atoms with Crippen molar-refractivity contribution in [2.24, 2.45) is 7.05 Å². The number of thiophene rings is 1. The highest BCUT2D eigenvalue weighted by molar-refractivity contribution is 7.10. The summed E-state index contributed by atoms with van der Waals surface area (Å²) in [5, 5.41) is 10.7. The zero-order valence-electron chi connectivity index (χ0n) is 10.9. The lowest BCUT2D eigenvalue weighted by Gasteiger charge is -2.06. The molecule has 0 amide bonds. The molecular weight excluding hydrogens is 258 g/mol. The third kappa shape index (κ3) is 2.19. The second-order valence-corrected chi connectivity index (χ2v) is 5.30. The largest absolute Gasteiger partial charge is 0.364 e. The number of hydrogen-bond donors (Lipinski definition) is 1. The molecule has 3 heterocycles. The molecule has 0 aliphatic heterocycles. The average Bonchev–Trinajstić information content (AvgIpc) is 3.03. The fraction of sp³-hybridized carbons (Fsp3) is 0.308. The van der Waals surface area contributed by atoms with Gasteiger partial charge < -0.3 is 5.32 Å². The molecule has 19 heavy (non-hydrogen) atoms. The maximum Gasteiger partial charge on any atom is 0.163 e. The number of nitrogens with zero attached hydrogens (tertiary/aromatic N) is 4. The lowest BCUT2D eigenvalue weighted by atomic mass is 10.2. The second-order valence-electron chi connectivity index (χ2n) is 4.30. The van der Waals surface area contributed by atoms with Gasteiger partial charge in [-0.2, -0.15) is 5.10 Å². The first-order chi connectivity index (χ1) is 9.29. The molecule has 0 fully saturated rings. The van der Waals surface area contributed by atoms with Crippen LogP contribution < -0.4 is 5.32 Å². The van der Waals surface area contributed by atoms with E-state index >= 15 is 0 Å². The predicted octanol–water partition coefficient (Wildman–Crippen LogP) is 2.60. The van der Waals surface area contributed by atoms with Gasteiger partial charge in [0.2, 0.25) is 0 Å². The van der Waals surface area contributed by atoms with Gasteiger partial charge in [0, 0.05) is 11.9 Å². The monoisotopic (exact) mass is 273 g/mol. The molecule has 5 nitrogen and oxygen atoms in total. The molecule has 3 aromatic heterocycles. The number of nitrogens with one attached hydrogen (secondary N) is 1. The maximum absolute atomic E-state index is 4.30. The van der Waals surface area contributed by atoms with E-state index in [4.69, 9.17) is 0 Å². The molecule has 0 radical (unpaired) electrons. The van der Waals surface area contributed by atoms with Crippen molar-refractivity contribution in [1.29, 1.82) is 0 Å². The van der Waals surface area contributed by atoms with Crippen LogP contribution in [0, 0.1) is 0 Å². The highest BCUT2D eigenvalue weighted by Crippen LogP contribution is 2.21. The first kappa shape index (κ1) is 12.1. The van der Waals surface area contributed by atoms with Crippen molar-refractivity contribution in [1.82, 2.24) is 19.7 Å². The summed E-state index contributed by atoms with van der Waals surface area (Å²) in [7, 11) is 1.88. The van der Waals surface area contributed by atoms with Crippen LogP contribution in [0.4, 0.5) is 5.82 Å². The molecule has 3 rings (SSSR count). The molecular formula is C13H15N5S. The van der Waals surface area contributed by atoms with E-state index in [0.717, 1.165) is 29.8 Å². The van der Waals surface area contributed by atoms with Crippen LogP contribution in [0.25, 0.3) is 11.0 Å². The van der Waals surface area contributed by atoms with Crippen molar-refractivity contribution in [3.63, 3.8) is 0 Å². The molecule has 1 N–H and O–H groups in total. The first-order valence-electron chi connectivity index (χ1n) is 6.21. The Balaban J connectivity index is 1.86. The minimum absolute atomic E-state index is 0.793. The standard InChI is InChI=1S/C13H15N5S/c1-3-9-4-5-19-11(9)7-14-12-10-6-17-18(2)13(10)16-8-15-12/h4-6,8H,3,7H2,1-2H3,(H,14,15,16). The maximum atomic E-state index is 4.30. The normalized spacial score (nSPS) is 11.1. The van der Waals surface area contributed by atoms with Gasteiger partial charge in [-0.15, -0.1) is 11.3 Å². The van der Waals surface area contributed by atoms with Gasteiger partial charge in [-0.1, -0.05) is 6.92 Å². The van der Waals surface area contributed by atoms with Gasteiger partial charge in [-0.25, -0.2) is 9.97 Å². The summed E-state index contributed by atoms with van der Waals surface area (Å²) in [6.07, 6.45) is 4.43. The van der Waals surface area contributed by atoms with Gasteiger partial charge in [-0.3, -0.25) is 4.68 Å². The average molecular weight is 273 g/mol. The van der Waals surface area contributed by atoms with Crippen LogP contribution in [-0.2, 0) is 20.0 Å². The summed E-state index contributed by atoms with van der Waals surface area (Å²) in [5.74, 6) is 0.841. The van der Waals surface area contributed by atoms with Gasteiger partial charge in [-0.05, 0) is 23.4 Å². The van der Waals surface area contributed by atoms with Gasteiger partial charge in [0.05, 0.1) is 18.1 Å². The smallest absolute Gasteiger partial charge is 0.163 e. The van der Waals surface area contributed by atoms with Crippen molar-refractivity contribution in [3.05, 3.63) is 34.4 Å². The molecule has 0 saturated carbocycles. The summed E-state index contributed by atoms with van der Waals surface area (Å²) in [6, 6.07) is 2.18. The van der Waals surface area contributed by atoms with Gasteiger partial charge in [0.1, 0.15) is 12.1 Å². The van der Waals surface area contributed by atoms with Crippen molar-refractivity contribution in [2.45, 2.75) is 19.9 Å². The van der Waals surface area contributed by atoms with Crippen LogP contribution in [0.1, 0.15) is 17.4 Å². The quantitative estimate of drug-likeness (QED) is 0.794. The molecule has 98 valence electrons. The molecule has 0 spiro atoms. The molecule has 0 atom stereocenters.